The number of carbonyl (C=O) groups excluding carboxylic acids is 2. The number of amides is 2. The van der Waals surface area contributed by atoms with E-state index in [0.29, 0.717) is 27.9 Å². The number of carbonyl (C=O) groups is 2. The summed E-state index contributed by atoms with van der Waals surface area (Å²) in [5.74, 6) is -0.608. The highest BCUT2D eigenvalue weighted by Gasteiger charge is 2.32. The molecule has 0 atom stereocenters. The summed E-state index contributed by atoms with van der Waals surface area (Å²) < 4.78 is 13.4. The van der Waals surface area contributed by atoms with Crippen molar-refractivity contribution < 1.29 is 14.0 Å². The second-order valence-corrected chi connectivity index (χ2v) is 7.74. The van der Waals surface area contributed by atoms with E-state index >= 15 is 0 Å². The number of halogens is 1. The lowest BCUT2D eigenvalue weighted by Crippen LogP contribution is -2.30. The molecule has 2 amide bonds. The maximum atomic E-state index is 13.4. The quantitative estimate of drug-likeness (QED) is 0.600. The molecule has 0 aliphatic carbocycles. The molecule has 1 heterocycles. The van der Waals surface area contributed by atoms with Crippen LogP contribution in [0.15, 0.2) is 89.6 Å². The summed E-state index contributed by atoms with van der Waals surface area (Å²) in [4.78, 5) is 30.4. The van der Waals surface area contributed by atoms with Gasteiger partial charge in [0, 0.05) is 11.3 Å². The third kappa shape index (κ3) is 4.73. The molecule has 1 aliphatic heterocycles. The van der Waals surface area contributed by atoms with Gasteiger partial charge < -0.3 is 5.73 Å². The molecule has 4 rings (SSSR count). The number of hydrogen-bond acceptors (Lipinski definition) is 4. The van der Waals surface area contributed by atoms with Crippen molar-refractivity contribution in [3.63, 3.8) is 0 Å². The van der Waals surface area contributed by atoms with Gasteiger partial charge in [0.1, 0.15) is 11.5 Å². The van der Waals surface area contributed by atoms with E-state index in [1.807, 2.05) is 42.5 Å². The molecule has 0 radical (unpaired) electrons. The number of benzene rings is 3. The third-order valence-electron chi connectivity index (χ3n) is 4.62. The van der Waals surface area contributed by atoms with Crippen LogP contribution in [0.1, 0.15) is 21.5 Å². The largest absolute Gasteiger partial charge is 0.366 e. The highest BCUT2D eigenvalue weighted by atomic mass is 32.2. The van der Waals surface area contributed by atoms with Crippen molar-refractivity contribution in [3.05, 3.63) is 107 Å². The van der Waals surface area contributed by atoms with Gasteiger partial charge in [-0.25, -0.2) is 9.38 Å². The Labute approximate surface area is 183 Å². The number of nitrogens with zero attached hydrogens (tertiary/aromatic N) is 2. The minimum atomic E-state index is -0.483. The van der Waals surface area contributed by atoms with Gasteiger partial charge in [-0.15, -0.1) is 0 Å². The van der Waals surface area contributed by atoms with Gasteiger partial charge in [-0.3, -0.25) is 14.5 Å². The van der Waals surface area contributed by atoms with Crippen LogP contribution in [0.2, 0.25) is 0 Å². The van der Waals surface area contributed by atoms with Crippen molar-refractivity contribution in [2.75, 3.05) is 4.90 Å². The van der Waals surface area contributed by atoms with Gasteiger partial charge >= 0.3 is 0 Å². The average molecular weight is 431 g/mol. The first-order valence-electron chi connectivity index (χ1n) is 9.48. The summed E-state index contributed by atoms with van der Waals surface area (Å²) >= 11 is 1.38. The van der Waals surface area contributed by atoms with Gasteiger partial charge in [0.25, 0.3) is 5.91 Å². The first kappa shape index (κ1) is 20.6. The number of thioether (sulfide) groups is 1. The van der Waals surface area contributed by atoms with Crippen LogP contribution >= 0.6 is 11.8 Å². The van der Waals surface area contributed by atoms with Gasteiger partial charge in [-0.1, -0.05) is 54.2 Å². The van der Waals surface area contributed by atoms with E-state index < -0.39 is 5.91 Å². The fraction of sp³-hybridized carbons (Fsp3) is 0.0417. The molecule has 7 heteroatoms. The SMILES string of the molecule is NC(=O)c1ccc(CSC2=N/C(=C\c3ccccc3)C(=O)N2c2ccc(F)cc2)cc1. The molecular formula is C24H18FN3O2S. The van der Waals surface area contributed by atoms with Gasteiger partial charge in [0.05, 0.1) is 5.69 Å². The minimum Gasteiger partial charge on any atom is -0.366 e. The fourth-order valence-corrected chi connectivity index (χ4v) is 4.00. The molecule has 3 aromatic rings. The smallest absolute Gasteiger partial charge is 0.283 e. The average Bonchev–Trinajstić information content (AvgIpc) is 3.09. The van der Waals surface area contributed by atoms with Crippen LogP contribution in [0.3, 0.4) is 0 Å². The number of amidine groups is 1. The summed E-state index contributed by atoms with van der Waals surface area (Å²) in [5, 5.41) is 0.498. The van der Waals surface area contributed by atoms with Gasteiger partial charge in [-0.2, -0.15) is 0 Å². The number of aliphatic imine (C=N–C) groups is 1. The maximum absolute atomic E-state index is 13.4. The topological polar surface area (TPSA) is 75.8 Å². The number of primary amides is 1. The summed E-state index contributed by atoms with van der Waals surface area (Å²) in [5.41, 5.74) is 8.38. The first-order chi connectivity index (χ1) is 15.0. The molecule has 0 saturated carbocycles. The normalized spacial score (nSPS) is 14.7. The van der Waals surface area contributed by atoms with E-state index in [-0.39, 0.29) is 11.7 Å². The van der Waals surface area contributed by atoms with Crippen molar-refractivity contribution >= 4 is 40.5 Å². The predicted molar refractivity (Wildman–Crippen MR) is 122 cm³/mol. The Morgan fingerprint density at radius 2 is 1.68 bits per heavy atom. The molecule has 3 aromatic carbocycles. The van der Waals surface area contributed by atoms with Gasteiger partial charge in [-0.05, 0) is 53.6 Å². The number of anilines is 1. The van der Waals surface area contributed by atoms with E-state index in [1.54, 1.807) is 30.3 Å². The second-order valence-electron chi connectivity index (χ2n) is 6.80. The van der Waals surface area contributed by atoms with E-state index in [2.05, 4.69) is 4.99 Å². The lowest BCUT2D eigenvalue weighted by molar-refractivity contribution is -0.113. The Morgan fingerprint density at radius 3 is 2.32 bits per heavy atom. The second kappa shape index (κ2) is 8.97. The van der Waals surface area contributed by atoms with Crippen LogP contribution in [0.4, 0.5) is 10.1 Å². The van der Waals surface area contributed by atoms with Crippen LogP contribution < -0.4 is 10.6 Å². The highest BCUT2D eigenvalue weighted by molar-refractivity contribution is 8.13. The zero-order valence-corrected chi connectivity index (χ0v) is 17.2. The number of nitrogens with two attached hydrogens (primary N) is 1. The Morgan fingerprint density at radius 1 is 1.00 bits per heavy atom. The Hall–Kier alpha value is -3.71. The van der Waals surface area contributed by atoms with Crippen LogP contribution in [-0.4, -0.2) is 17.0 Å². The van der Waals surface area contributed by atoms with Gasteiger partial charge in [0.2, 0.25) is 5.91 Å². The summed E-state index contributed by atoms with van der Waals surface area (Å²) in [6.07, 6.45) is 1.73. The van der Waals surface area contributed by atoms with Crippen molar-refractivity contribution in [2.45, 2.75) is 5.75 Å². The van der Waals surface area contributed by atoms with Crippen LogP contribution in [-0.2, 0) is 10.5 Å². The molecule has 0 unspecified atom stereocenters. The maximum Gasteiger partial charge on any atom is 0.283 e. The molecule has 154 valence electrons. The molecule has 0 fully saturated rings. The molecule has 0 saturated heterocycles. The van der Waals surface area contributed by atoms with Crippen molar-refractivity contribution in [1.82, 2.24) is 0 Å². The van der Waals surface area contributed by atoms with Gasteiger partial charge in [0.15, 0.2) is 5.17 Å². The summed E-state index contributed by atoms with van der Waals surface area (Å²) in [6.45, 7) is 0. The zero-order valence-electron chi connectivity index (χ0n) is 16.4. The molecule has 2 N–H and O–H groups in total. The van der Waals surface area contributed by atoms with Crippen LogP contribution in [0, 0.1) is 5.82 Å². The lowest BCUT2D eigenvalue weighted by atomic mass is 10.1. The minimum absolute atomic E-state index is 0.276. The molecule has 0 aromatic heterocycles. The molecule has 0 spiro atoms. The van der Waals surface area contributed by atoms with Crippen molar-refractivity contribution in [1.29, 1.82) is 0 Å². The van der Waals surface area contributed by atoms with Crippen LogP contribution in [0.5, 0.6) is 0 Å². The predicted octanol–water partition coefficient (Wildman–Crippen LogP) is 4.60. The van der Waals surface area contributed by atoms with E-state index in [9.17, 15) is 14.0 Å². The standard InChI is InChI=1S/C24H18FN3O2S/c25-19-10-12-20(13-11-19)28-23(30)21(14-16-4-2-1-3-5-16)27-24(28)31-15-17-6-8-18(9-7-17)22(26)29/h1-14H,15H2,(H2,26,29)/b21-14-. The van der Waals surface area contributed by atoms with E-state index in [4.69, 9.17) is 5.73 Å². The lowest BCUT2D eigenvalue weighted by Gasteiger charge is -2.17. The Balaban J connectivity index is 1.62. The molecule has 5 nitrogen and oxygen atoms in total. The van der Waals surface area contributed by atoms with Crippen LogP contribution in [0.25, 0.3) is 6.08 Å². The number of hydrogen-bond donors (Lipinski definition) is 1. The summed E-state index contributed by atoms with van der Waals surface area (Å²) in [7, 11) is 0. The molecule has 1 aliphatic rings. The zero-order chi connectivity index (χ0) is 21.8. The summed E-state index contributed by atoms with van der Waals surface area (Å²) in [6, 6.07) is 22.1. The monoisotopic (exact) mass is 431 g/mol. The molecule has 31 heavy (non-hydrogen) atoms. The number of rotatable bonds is 5. The Kier molecular flexibility index (Phi) is 5.95. The van der Waals surface area contributed by atoms with E-state index in [1.165, 1.54) is 28.8 Å². The third-order valence-corrected chi connectivity index (χ3v) is 5.63. The molecule has 0 bridgehead atoms. The first-order valence-corrected chi connectivity index (χ1v) is 10.5. The fourth-order valence-electron chi connectivity index (χ4n) is 3.03. The van der Waals surface area contributed by atoms with Crippen molar-refractivity contribution in [2.24, 2.45) is 10.7 Å². The Bertz CT molecular complexity index is 1170. The van der Waals surface area contributed by atoms with E-state index in [0.717, 1.165) is 11.1 Å². The highest BCUT2D eigenvalue weighted by Crippen LogP contribution is 2.31. The van der Waals surface area contributed by atoms with Crippen molar-refractivity contribution in [3.8, 4) is 0 Å². The molecular weight excluding hydrogens is 413 g/mol.